The van der Waals surface area contributed by atoms with Gasteiger partial charge in [0, 0.05) is 29.7 Å². The highest BCUT2D eigenvalue weighted by molar-refractivity contribution is 5.83. The van der Waals surface area contributed by atoms with Gasteiger partial charge in [0.05, 0.1) is 0 Å². The van der Waals surface area contributed by atoms with Crippen molar-refractivity contribution < 1.29 is 4.39 Å². The molecular weight excluding hydrogens is 263 g/mol. The molecule has 2 aromatic rings. The first-order chi connectivity index (χ1) is 10.0. The number of fused-ring (bicyclic) bond motifs is 1. The summed E-state index contributed by atoms with van der Waals surface area (Å²) in [6, 6.07) is 5.23. The van der Waals surface area contributed by atoms with Gasteiger partial charge in [0.1, 0.15) is 5.82 Å². The third kappa shape index (κ3) is 3.94. The van der Waals surface area contributed by atoms with E-state index in [0.717, 1.165) is 35.9 Å². The van der Waals surface area contributed by atoms with E-state index in [9.17, 15) is 4.39 Å². The maximum Gasteiger partial charge on any atom is 0.123 e. The first kappa shape index (κ1) is 15.8. The van der Waals surface area contributed by atoms with E-state index < -0.39 is 0 Å². The van der Waals surface area contributed by atoms with Crippen LogP contribution in [0.2, 0.25) is 0 Å². The fraction of sp³-hybridized carbons (Fsp3) is 0.444. The van der Waals surface area contributed by atoms with Gasteiger partial charge in [0.25, 0.3) is 0 Å². The van der Waals surface area contributed by atoms with Crippen LogP contribution in [-0.2, 0) is 6.42 Å². The lowest BCUT2D eigenvalue weighted by atomic mass is 9.99. The molecule has 0 bridgehead atoms. The summed E-state index contributed by atoms with van der Waals surface area (Å²) < 4.78 is 13.4. The Morgan fingerprint density at radius 2 is 2.14 bits per heavy atom. The Balaban J connectivity index is 1.97. The molecule has 0 saturated heterocycles. The zero-order valence-electron chi connectivity index (χ0n) is 13.2. The number of aromatic nitrogens is 1. The van der Waals surface area contributed by atoms with E-state index in [1.807, 2.05) is 6.20 Å². The Kier molecular flexibility index (Phi) is 5.18. The fourth-order valence-electron chi connectivity index (χ4n) is 2.59. The molecule has 2 nitrogen and oxygen atoms in total. The predicted octanol–water partition coefficient (Wildman–Crippen LogP) is 4.43. The number of nitrogens with one attached hydrogen (secondary N) is 2. The van der Waals surface area contributed by atoms with Crippen LogP contribution >= 0.6 is 0 Å². The van der Waals surface area contributed by atoms with Crippen molar-refractivity contribution in [1.29, 1.82) is 0 Å². The van der Waals surface area contributed by atoms with E-state index in [2.05, 4.69) is 37.7 Å². The average Bonchev–Trinajstić information content (AvgIpc) is 2.86. The van der Waals surface area contributed by atoms with Gasteiger partial charge in [0.2, 0.25) is 0 Å². The Morgan fingerprint density at radius 1 is 1.38 bits per heavy atom. The third-order valence-corrected chi connectivity index (χ3v) is 4.18. The van der Waals surface area contributed by atoms with E-state index in [-0.39, 0.29) is 5.82 Å². The van der Waals surface area contributed by atoms with E-state index in [4.69, 9.17) is 0 Å². The van der Waals surface area contributed by atoms with Crippen LogP contribution < -0.4 is 5.32 Å². The number of rotatable bonds is 7. The van der Waals surface area contributed by atoms with Gasteiger partial charge in [-0.25, -0.2) is 4.39 Å². The Morgan fingerprint density at radius 3 is 2.86 bits per heavy atom. The number of aromatic amines is 1. The second kappa shape index (κ2) is 6.90. The van der Waals surface area contributed by atoms with Gasteiger partial charge >= 0.3 is 0 Å². The maximum atomic E-state index is 13.4. The van der Waals surface area contributed by atoms with Crippen molar-refractivity contribution in [2.75, 3.05) is 6.54 Å². The van der Waals surface area contributed by atoms with Gasteiger partial charge in [-0.1, -0.05) is 26.0 Å². The molecule has 0 saturated carbocycles. The summed E-state index contributed by atoms with van der Waals surface area (Å²) >= 11 is 0. The van der Waals surface area contributed by atoms with Gasteiger partial charge in [0.15, 0.2) is 0 Å². The van der Waals surface area contributed by atoms with Crippen LogP contribution in [0.3, 0.4) is 0 Å². The molecule has 2 N–H and O–H groups in total. The fourth-order valence-corrected chi connectivity index (χ4v) is 2.59. The van der Waals surface area contributed by atoms with E-state index in [0.29, 0.717) is 12.0 Å². The Hall–Kier alpha value is -1.61. The van der Waals surface area contributed by atoms with Crippen LogP contribution in [0.5, 0.6) is 0 Å². The van der Waals surface area contributed by atoms with Crippen molar-refractivity contribution in [3.05, 3.63) is 47.9 Å². The first-order valence-corrected chi connectivity index (χ1v) is 7.67. The number of hydrogen-bond acceptors (Lipinski definition) is 1. The van der Waals surface area contributed by atoms with Crippen molar-refractivity contribution in [2.24, 2.45) is 5.92 Å². The molecule has 0 fully saturated rings. The van der Waals surface area contributed by atoms with Crippen molar-refractivity contribution in [3.8, 4) is 0 Å². The molecular formula is C18H25FN2. The van der Waals surface area contributed by atoms with E-state index in [1.165, 1.54) is 11.6 Å². The lowest BCUT2D eigenvalue weighted by Gasteiger charge is -2.18. The van der Waals surface area contributed by atoms with Crippen LogP contribution in [0.15, 0.2) is 36.5 Å². The maximum absolute atomic E-state index is 13.4. The van der Waals surface area contributed by atoms with Crippen molar-refractivity contribution in [1.82, 2.24) is 10.3 Å². The van der Waals surface area contributed by atoms with Gasteiger partial charge in [-0.05, 0) is 49.4 Å². The van der Waals surface area contributed by atoms with Gasteiger partial charge < -0.3 is 10.3 Å². The molecule has 0 radical (unpaired) electrons. The van der Waals surface area contributed by atoms with Crippen molar-refractivity contribution in [3.63, 3.8) is 0 Å². The zero-order chi connectivity index (χ0) is 15.4. The van der Waals surface area contributed by atoms with E-state index in [1.54, 1.807) is 12.1 Å². The highest BCUT2D eigenvalue weighted by Crippen LogP contribution is 2.20. The van der Waals surface area contributed by atoms with Crippen LogP contribution in [-0.4, -0.2) is 17.6 Å². The largest absolute Gasteiger partial charge is 0.361 e. The summed E-state index contributed by atoms with van der Waals surface area (Å²) in [5.41, 5.74) is 3.43. The summed E-state index contributed by atoms with van der Waals surface area (Å²) in [6.45, 7) is 11.5. The van der Waals surface area contributed by atoms with Gasteiger partial charge in [-0.15, -0.1) is 0 Å². The van der Waals surface area contributed by atoms with Crippen molar-refractivity contribution in [2.45, 2.75) is 39.7 Å². The molecule has 0 spiro atoms. The normalized spacial score (nSPS) is 14.3. The van der Waals surface area contributed by atoms with Gasteiger partial charge in [-0.3, -0.25) is 0 Å². The first-order valence-electron chi connectivity index (χ1n) is 7.67. The predicted molar refractivity (Wildman–Crippen MR) is 88.0 cm³/mol. The van der Waals surface area contributed by atoms with Crippen LogP contribution in [0.1, 0.15) is 32.8 Å². The summed E-state index contributed by atoms with van der Waals surface area (Å²) in [7, 11) is 0. The smallest absolute Gasteiger partial charge is 0.123 e. The molecule has 2 rings (SSSR count). The number of hydrogen-bond donors (Lipinski definition) is 2. The molecule has 1 heterocycles. The average molecular weight is 288 g/mol. The summed E-state index contributed by atoms with van der Waals surface area (Å²) in [5, 5.41) is 4.53. The molecule has 2 atom stereocenters. The Bertz CT molecular complexity index is 615. The number of benzene rings is 1. The molecule has 114 valence electrons. The monoisotopic (exact) mass is 288 g/mol. The van der Waals surface area contributed by atoms with Crippen molar-refractivity contribution >= 4 is 10.9 Å². The van der Waals surface area contributed by atoms with Crippen LogP contribution in [0.4, 0.5) is 4.39 Å². The highest BCUT2D eigenvalue weighted by Gasteiger charge is 2.11. The molecule has 0 amide bonds. The molecule has 1 aromatic heterocycles. The zero-order valence-corrected chi connectivity index (χ0v) is 13.2. The third-order valence-electron chi connectivity index (χ3n) is 4.18. The molecule has 3 heteroatoms. The molecule has 0 aliphatic rings. The minimum Gasteiger partial charge on any atom is -0.361 e. The minimum absolute atomic E-state index is 0.183. The van der Waals surface area contributed by atoms with Gasteiger partial charge in [-0.2, -0.15) is 0 Å². The molecule has 1 aromatic carbocycles. The highest BCUT2D eigenvalue weighted by atomic mass is 19.1. The second-order valence-corrected chi connectivity index (χ2v) is 5.93. The standard InChI is InChI=1S/C18H25FN2/c1-5-12(2)13(3)10-20-14(4)8-15-11-21-18-7-6-16(19)9-17(15)18/h6-7,9,11,13-14,20-21H,2,5,8,10H2,1,3-4H3/t13?,14-/m1/s1. The lowest BCUT2D eigenvalue weighted by molar-refractivity contribution is 0.490. The topological polar surface area (TPSA) is 27.8 Å². The van der Waals surface area contributed by atoms with Crippen LogP contribution in [0, 0.1) is 11.7 Å². The summed E-state index contributed by atoms with van der Waals surface area (Å²) in [5.74, 6) is 0.301. The molecule has 0 aliphatic heterocycles. The minimum atomic E-state index is -0.183. The Labute approximate surface area is 126 Å². The second-order valence-electron chi connectivity index (χ2n) is 5.93. The quantitative estimate of drug-likeness (QED) is 0.725. The van der Waals surface area contributed by atoms with E-state index >= 15 is 0 Å². The summed E-state index contributed by atoms with van der Waals surface area (Å²) in [4.78, 5) is 3.20. The SMILES string of the molecule is C=C(CC)C(C)CN[C@H](C)Cc1c[nH]c2ccc(F)cc12. The number of halogens is 1. The summed E-state index contributed by atoms with van der Waals surface area (Å²) in [6.07, 6.45) is 3.89. The molecule has 21 heavy (non-hydrogen) atoms. The molecule has 1 unspecified atom stereocenters. The van der Waals surface area contributed by atoms with Crippen LogP contribution in [0.25, 0.3) is 10.9 Å². The number of H-pyrrole nitrogens is 1. The lowest BCUT2D eigenvalue weighted by Crippen LogP contribution is -2.32. The molecule has 0 aliphatic carbocycles.